The van der Waals surface area contributed by atoms with E-state index in [0.29, 0.717) is 6.04 Å². The molecule has 1 amide bonds. The largest absolute Gasteiger partial charge is 0.481 e. The second-order valence-corrected chi connectivity index (χ2v) is 5.31. The van der Waals surface area contributed by atoms with Gasteiger partial charge in [-0.15, -0.1) is 0 Å². The fourth-order valence-corrected chi connectivity index (χ4v) is 2.07. The molecule has 0 atom stereocenters. The molecule has 0 aromatic rings. The maximum absolute atomic E-state index is 11.9. The van der Waals surface area contributed by atoms with Crippen molar-refractivity contribution in [3.05, 3.63) is 0 Å². The zero-order chi connectivity index (χ0) is 12.3. The molecular weight excluding hydrogens is 206 g/mol. The highest BCUT2D eigenvalue weighted by Crippen LogP contribution is 2.26. The van der Waals surface area contributed by atoms with Gasteiger partial charge in [-0.2, -0.15) is 0 Å². The van der Waals surface area contributed by atoms with E-state index in [1.165, 1.54) is 12.8 Å². The van der Waals surface area contributed by atoms with Crippen LogP contribution in [-0.4, -0.2) is 35.0 Å². The summed E-state index contributed by atoms with van der Waals surface area (Å²) in [5, 5.41) is 8.97. The van der Waals surface area contributed by atoms with Gasteiger partial charge in [0.15, 0.2) is 0 Å². The van der Waals surface area contributed by atoms with Gasteiger partial charge in [-0.3, -0.25) is 9.59 Å². The molecule has 0 spiro atoms. The molecule has 16 heavy (non-hydrogen) atoms. The van der Waals surface area contributed by atoms with Crippen LogP contribution in [0.2, 0.25) is 0 Å². The van der Waals surface area contributed by atoms with Crippen molar-refractivity contribution in [2.24, 2.45) is 5.41 Å². The lowest BCUT2D eigenvalue weighted by Gasteiger charge is -2.27. The van der Waals surface area contributed by atoms with Crippen LogP contribution < -0.4 is 0 Å². The molecule has 0 aliphatic heterocycles. The van der Waals surface area contributed by atoms with Crippen molar-refractivity contribution in [1.29, 1.82) is 0 Å². The molecule has 92 valence electrons. The molecule has 0 bridgehead atoms. The van der Waals surface area contributed by atoms with E-state index in [-0.39, 0.29) is 12.3 Å². The van der Waals surface area contributed by atoms with Crippen LogP contribution in [0.25, 0.3) is 0 Å². The molecule has 0 radical (unpaired) electrons. The van der Waals surface area contributed by atoms with Crippen LogP contribution >= 0.6 is 0 Å². The Labute approximate surface area is 96.6 Å². The molecule has 1 aliphatic carbocycles. The third-order valence-corrected chi connectivity index (χ3v) is 3.44. The number of hydrogen-bond donors (Lipinski definition) is 1. The summed E-state index contributed by atoms with van der Waals surface area (Å²) in [6.07, 6.45) is 4.52. The van der Waals surface area contributed by atoms with E-state index in [1.54, 1.807) is 25.8 Å². The van der Waals surface area contributed by atoms with Crippen molar-refractivity contribution in [2.75, 3.05) is 7.05 Å². The number of hydrogen-bond acceptors (Lipinski definition) is 2. The van der Waals surface area contributed by atoms with Gasteiger partial charge in [-0.25, -0.2) is 0 Å². The number of carboxylic acid groups (broad SMARTS) is 1. The molecule has 1 rings (SSSR count). The minimum Gasteiger partial charge on any atom is -0.481 e. The Kier molecular flexibility index (Phi) is 3.94. The van der Waals surface area contributed by atoms with Gasteiger partial charge >= 0.3 is 5.97 Å². The number of rotatable bonds is 4. The lowest BCUT2D eigenvalue weighted by molar-refractivity contribution is -0.151. The summed E-state index contributed by atoms with van der Waals surface area (Å²) in [6, 6.07) is 0.317. The molecule has 0 unspecified atom stereocenters. The Morgan fingerprint density at radius 1 is 1.31 bits per heavy atom. The van der Waals surface area contributed by atoms with Crippen molar-refractivity contribution < 1.29 is 14.7 Å². The van der Waals surface area contributed by atoms with Crippen molar-refractivity contribution in [2.45, 2.75) is 52.0 Å². The van der Waals surface area contributed by atoms with Crippen LogP contribution in [0.4, 0.5) is 0 Å². The quantitative estimate of drug-likeness (QED) is 0.797. The van der Waals surface area contributed by atoms with Crippen LogP contribution in [0.5, 0.6) is 0 Å². The zero-order valence-corrected chi connectivity index (χ0v) is 10.3. The minimum atomic E-state index is -0.968. The van der Waals surface area contributed by atoms with E-state index in [2.05, 4.69) is 0 Å². The van der Waals surface area contributed by atoms with Gasteiger partial charge in [-0.1, -0.05) is 12.8 Å². The number of aliphatic carboxylic acids is 1. The van der Waals surface area contributed by atoms with E-state index < -0.39 is 11.4 Å². The van der Waals surface area contributed by atoms with E-state index in [4.69, 9.17) is 5.11 Å². The van der Waals surface area contributed by atoms with Crippen molar-refractivity contribution >= 4 is 11.9 Å². The second kappa shape index (κ2) is 4.85. The summed E-state index contributed by atoms with van der Waals surface area (Å²) in [6.45, 7) is 3.19. The predicted molar refractivity (Wildman–Crippen MR) is 61.1 cm³/mol. The summed E-state index contributed by atoms with van der Waals surface area (Å²) < 4.78 is 0. The number of carbonyl (C=O) groups excluding carboxylic acids is 1. The van der Waals surface area contributed by atoms with Crippen LogP contribution in [0.3, 0.4) is 0 Å². The second-order valence-electron chi connectivity index (χ2n) is 5.31. The van der Waals surface area contributed by atoms with Gasteiger partial charge in [0.1, 0.15) is 0 Å². The smallest absolute Gasteiger partial charge is 0.309 e. The molecule has 4 nitrogen and oxygen atoms in total. The van der Waals surface area contributed by atoms with Crippen molar-refractivity contribution in [3.8, 4) is 0 Å². The average Bonchev–Trinajstić information content (AvgIpc) is 2.68. The predicted octanol–water partition coefficient (Wildman–Crippen LogP) is 1.89. The van der Waals surface area contributed by atoms with Gasteiger partial charge in [0, 0.05) is 19.5 Å². The molecule has 0 heterocycles. The molecule has 1 N–H and O–H groups in total. The van der Waals surface area contributed by atoms with Gasteiger partial charge in [0.05, 0.1) is 5.41 Å². The van der Waals surface area contributed by atoms with E-state index in [0.717, 1.165) is 12.8 Å². The summed E-state index contributed by atoms with van der Waals surface area (Å²) in [7, 11) is 1.79. The van der Waals surface area contributed by atoms with E-state index in [1.807, 2.05) is 0 Å². The first kappa shape index (κ1) is 13.0. The van der Waals surface area contributed by atoms with Crippen molar-refractivity contribution in [3.63, 3.8) is 0 Å². The molecular formula is C12H21NO3. The first-order valence-electron chi connectivity index (χ1n) is 5.83. The van der Waals surface area contributed by atoms with Crippen molar-refractivity contribution in [1.82, 2.24) is 4.90 Å². The fourth-order valence-electron chi connectivity index (χ4n) is 2.07. The van der Waals surface area contributed by atoms with Gasteiger partial charge in [0.25, 0.3) is 0 Å². The molecule has 1 saturated carbocycles. The summed E-state index contributed by atoms with van der Waals surface area (Å²) in [5.74, 6) is -0.972. The van der Waals surface area contributed by atoms with E-state index >= 15 is 0 Å². The molecule has 0 aromatic carbocycles. The first-order chi connectivity index (χ1) is 7.34. The topological polar surface area (TPSA) is 57.6 Å². The molecule has 0 aromatic heterocycles. The van der Waals surface area contributed by atoms with Crippen LogP contribution in [-0.2, 0) is 9.59 Å². The Hall–Kier alpha value is -1.06. The standard InChI is InChI=1S/C12H21NO3/c1-12(2,11(15)16)8-10(14)13(3)9-6-4-5-7-9/h9H,4-8H2,1-3H3,(H,15,16). The van der Waals surface area contributed by atoms with Crippen LogP contribution in [0, 0.1) is 5.41 Å². The van der Waals surface area contributed by atoms with Crippen LogP contribution in [0.1, 0.15) is 46.0 Å². The molecule has 1 aliphatic rings. The Bertz CT molecular complexity index is 280. The summed E-state index contributed by atoms with van der Waals surface area (Å²) >= 11 is 0. The maximum Gasteiger partial charge on any atom is 0.309 e. The maximum atomic E-state index is 11.9. The number of amides is 1. The highest BCUT2D eigenvalue weighted by Gasteiger charge is 2.33. The molecule has 0 saturated heterocycles. The Morgan fingerprint density at radius 2 is 1.81 bits per heavy atom. The summed E-state index contributed by atoms with van der Waals surface area (Å²) in [5.41, 5.74) is -0.968. The highest BCUT2D eigenvalue weighted by molar-refractivity contribution is 5.84. The van der Waals surface area contributed by atoms with Gasteiger partial charge in [-0.05, 0) is 26.7 Å². The first-order valence-corrected chi connectivity index (χ1v) is 5.83. The molecule has 1 fully saturated rings. The monoisotopic (exact) mass is 227 g/mol. The molecule has 4 heteroatoms. The highest BCUT2D eigenvalue weighted by atomic mass is 16.4. The Balaban J connectivity index is 2.54. The normalized spacial score (nSPS) is 17.4. The number of carbonyl (C=O) groups is 2. The zero-order valence-electron chi connectivity index (χ0n) is 10.3. The number of carboxylic acids is 1. The average molecular weight is 227 g/mol. The number of nitrogens with zero attached hydrogens (tertiary/aromatic N) is 1. The minimum absolute atomic E-state index is 0.0562. The SMILES string of the molecule is CN(C(=O)CC(C)(C)C(=O)O)C1CCCC1. The third-order valence-electron chi connectivity index (χ3n) is 3.44. The lowest BCUT2D eigenvalue weighted by Crippen LogP contribution is -2.39. The fraction of sp³-hybridized carbons (Fsp3) is 0.833. The third kappa shape index (κ3) is 2.97. The van der Waals surface area contributed by atoms with Crippen LogP contribution in [0.15, 0.2) is 0 Å². The Morgan fingerprint density at radius 3 is 2.25 bits per heavy atom. The van der Waals surface area contributed by atoms with E-state index in [9.17, 15) is 9.59 Å². The lowest BCUT2D eigenvalue weighted by atomic mass is 9.89. The summed E-state index contributed by atoms with van der Waals surface area (Å²) in [4.78, 5) is 24.6. The van der Waals surface area contributed by atoms with Gasteiger partial charge in [0.2, 0.25) is 5.91 Å². The van der Waals surface area contributed by atoms with Gasteiger partial charge < -0.3 is 10.0 Å².